The maximum absolute atomic E-state index is 11.6. The van der Waals surface area contributed by atoms with Crippen molar-refractivity contribution in [3.05, 3.63) is 12.2 Å². The number of hydrazine groups is 1. The Labute approximate surface area is 84.1 Å². The highest BCUT2D eigenvalue weighted by Gasteiger charge is 2.38. The summed E-state index contributed by atoms with van der Waals surface area (Å²) >= 11 is 0. The summed E-state index contributed by atoms with van der Waals surface area (Å²) in [6.45, 7) is 8.62. The van der Waals surface area contributed by atoms with Crippen LogP contribution in [0.1, 0.15) is 26.7 Å². The SMILES string of the molecule is C=C1C(=O)N(CCC)N(CCC)C1=O. The first-order chi connectivity index (χ1) is 6.63. The maximum Gasteiger partial charge on any atom is 0.277 e. The normalized spacial score (nSPS) is 17.1. The molecule has 0 radical (unpaired) electrons. The fourth-order valence-electron chi connectivity index (χ4n) is 1.49. The molecule has 0 N–H and O–H groups in total. The maximum atomic E-state index is 11.6. The van der Waals surface area contributed by atoms with Gasteiger partial charge in [0.25, 0.3) is 11.8 Å². The molecule has 1 fully saturated rings. The second-order valence-corrected chi connectivity index (χ2v) is 3.34. The molecule has 0 atom stereocenters. The lowest BCUT2D eigenvalue weighted by atomic mass is 10.3. The van der Waals surface area contributed by atoms with Crippen LogP contribution < -0.4 is 0 Å². The molecular weight excluding hydrogens is 180 g/mol. The van der Waals surface area contributed by atoms with Crippen LogP contribution in [0.2, 0.25) is 0 Å². The van der Waals surface area contributed by atoms with E-state index < -0.39 is 0 Å². The van der Waals surface area contributed by atoms with Crippen LogP contribution in [0.15, 0.2) is 12.2 Å². The average Bonchev–Trinajstić information content (AvgIpc) is 2.36. The highest BCUT2D eigenvalue weighted by molar-refractivity contribution is 6.21. The van der Waals surface area contributed by atoms with Gasteiger partial charge in [0.1, 0.15) is 5.57 Å². The Kier molecular flexibility index (Phi) is 3.28. The highest BCUT2D eigenvalue weighted by Crippen LogP contribution is 2.18. The molecule has 1 saturated heterocycles. The number of hydrogen-bond donors (Lipinski definition) is 0. The van der Waals surface area contributed by atoms with Gasteiger partial charge < -0.3 is 0 Å². The van der Waals surface area contributed by atoms with Crippen LogP contribution in [0.25, 0.3) is 0 Å². The molecule has 0 unspecified atom stereocenters. The standard InChI is InChI=1S/C10H16N2O2/c1-4-6-11-9(13)8(3)10(14)12(11)7-5-2/h3-7H2,1-2H3. The van der Waals surface area contributed by atoms with Gasteiger partial charge >= 0.3 is 0 Å². The monoisotopic (exact) mass is 196 g/mol. The van der Waals surface area contributed by atoms with Crippen molar-refractivity contribution in [3.8, 4) is 0 Å². The van der Waals surface area contributed by atoms with E-state index in [1.807, 2.05) is 13.8 Å². The van der Waals surface area contributed by atoms with E-state index in [1.165, 1.54) is 10.0 Å². The smallest absolute Gasteiger partial charge is 0.267 e. The van der Waals surface area contributed by atoms with Gasteiger partial charge in [0, 0.05) is 13.1 Å². The molecule has 0 spiro atoms. The van der Waals surface area contributed by atoms with Gasteiger partial charge in [0.2, 0.25) is 0 Å². The third kappa shape index (κ3) is 1.64. The molecule has 0 saturated carbocycles. The number of nitrogens with zero attached hydrogens (tertiary/aromatic N) is 2. The van der Waals surface area contributed by atoms with Gasteiger partial charge in [0.05, 0.1) is 0 Å². The molecule has 78 valence electrons. The van der Waals surface area contributed by atoms with E-state index in [0.29, 0.717) is 13.1 Å². The van der Waals surface area contributed by atoms with E-state index in [1.54, 1.807) is 0 Å². The minimum absolute atomic E-state index is 0.0897. The third-order valence-corrected chi connectivity index (χ3v) is 2.15. The second-order valence-electron chi connectivity index (χ2n) is 3.34. The summed E-state index contributed by atoms with van der Waals surface area (Å²) in [6, 6.07) is 0. The minimum atomic E-state index is -0.245. The zero-order valence-electron chi connectivity index (χ0n) is 8.75. The minimum Gasteiger partial charge on any atom is -0.267 e. The fourth-order valence-corrected chi connectivity index (χ4v) is 1.49. The van der Waals surface area contributed by atoms with Crippen LogP contribution in [-0.4, -0.2) is 34.9 Å². The Bertz CT molecular complexity index is 247. The van der Waals surface area contributed by atoms with E-state index in [-0.39, 0.29) is 17.4 Å². The molecule has 14 heavy (non-hydrogen) atoms. The highest BCUT2D eigenvalue weighted by atomic mass is 16.2. The van der Waals surface area contributed by atoms with Crippen molar-refractivity contribution in [3.63, 3.8) is 0 Å². The molecule has 1 aliphatic rings. The Morgan fingerprint density at radius 3 is 1.64 bits per heavy atom. The first-order valence-corrected chi connectivity index (χ1v) is 4.96. The Morgan fingerprint density at radius 1 is 1.00 bits per heavy atom. The molecule has 2 amide bonds. The Morgan fingerprint density at radius 2 is 1.36 bits per heavy atom. The number of carbonyl (C=O) groups excluding carboxylic acids is 2. The molecule has 1 aliphatic heterocycles. The molecule has 0 aromatic rings. The van der Waals surface area contributed by atoms with E-state index in [9.17, 15) is 9.59 Å². The molecular formula is C10H16N2O2. The van der Waals surface area contributed by atoms with Crippen LogP contribution in [0.3, 0.4) is 0 Å². The van der Waals surface area contributed by atoms with Crippen LogP contribution >= 0.6 is 0 Å². The van der Waals surface area contributed by atoms with Crippen molar-refractivity contribution in [2.45, 2.75) is 26.7 Å². The number of rotatable bonds is 4. The van der Waals surface area contributed by atoms with Crippen LogP contribution in [0, 0.1) is 0 Å². The summed E-state index contributed by atoms with van der Waals surface area (Å²) in [7, 11) is 0. The number of amides is 2. The molecule has 0 aliphatic carbocycles. The van der Waals surface area contributed by atoms with Crippen molar-refractivity contribution in [1.82, 2.24) is 10.0 Å². The van der Waals surface area contributed by atoms with Crippen LogP contribution in [0.4, 0.5) is 0 Å². The lowest BCUT2D eigenvalue weighted by Crippen LogP contribution is -2.41. The van der Waals surface area contributed by atoms with Crippen molar-refractivity contribution in [2.75, 3.05) is 13.1 Å². The van der Waals surface area contributed by atoms with Crippen LogP contribution in [-0.2, 0) is 9.59 Å². The van der Waals surface area contributed by atoms with E-state index >= 15 is 0 Å². The summed E-state index contributed by atoms with van der Waals surface area (Å²) in [6.07, 6.45) is 1.68. The molecule has 0 bridgehead atoms. The second kappa shape index (κ2) is 4.26. The summed E-state index contributed by atoms with van der Waals surface area (Å²) in [5.41, 5.74) is 0.0897. The largest absolute Gasteiger partial charge is 0.277 e. The lowest BCUT2D eigenvalue weighted by Gasteiger charge is -2.26. The van der Waals surface area contributed by atoms with Gasteiger partial charge in [-0.2, -0.15) is 0 Å². The van der Waals surface area contributed by atoms with Crippen molar-refractivity contribution in [2.24, 2.45) is 0 Å². The first kappa shape index (κ1) is 10.8. The lowest BCUT2D eigenvalue weighted by molar-refractivity contribution is -0.146. The van der Waals surface area contributed by atoms with Crippen molar-refractivity contribution in [1.29, 1.82) is 0 Å². The van der Waals surface area contributed by atoms with Crippen LogP contribution in [0.5, 0.6) is 0 Å². The zero-order chi connectivity index (χ0) is 10.7. The van der Waals surface area contributed by atoms with E-state index in [0.717, 1.165) is 12.8 Å². The molecule has 4 heteroatoms. The fraction of sp³-hybridized carbons (Fsp3) is 0.600. The van der Waals surface area contributed by atoms with Gasteiger partial charge in [0.15, 0.2) is 0 Å². The topological polar surface area (TPSA) is 40.6 Å². The van der Waals surface area contributed by atoms with Gasteiger partial charge in [-0.05, 0) is 12.8 Å². The van der Waals surface area contributed by atoms with E-state index in [4.69, 9.17) is 0 Å². The van der Waals surface area contributed by atoms with E-state index in [2.05, 4.69) is 6.58 Å². The average molecular weight is 196 g/mol. The Hall–Kier alpha value is -1.32. The molecule has 0 aromatic heterocycles. The summed E-state index contributed by atoms with van der Waals surface area (Å²) in [5, 5.41) is 2.99. The summed E-state index contributed by atoms with van der Waals surface area (Å²) in [5.74, 6) is -0.490. The summed E-state index contributed by atoms with van der Waals surface area (Å²) < 4.78 is 0. The summed E-state index contributed by atoms with van der Waals surface area (Å²) in [4.78, 5) is 23.1. The van der Waals surface area contributed by atoms with Gasteiger partial charge in [-0.3, -0.25) is 9.59 Å². The molecule has 1 rings (SSSR count). The Balaban J connectivity index is 2.83. The van der Waals surface area contributed by atoms with Gasteiger partial charge in [-0.15, -0.1) is 0 Å². The number of carbonyl (C=O) groups is 2. The molecule has 1 heterocycles. The zero-order valence-corrected chi connectivity index (χ0v) is 8.75. The molecule has 0 aromatic carbocycles. The predicted octanol–water partition coefficient (Wildman–Crippen LogP) is 0.948. The molecule has 4 nitrogen and oxygen atoms in total. The van der Waals surface area contributed by atoms with Crippen molar-refractivity contribution < 1.29 is 9.59 Å². The first-order valence-electron chi connectivity index (χ1n) is 4.96. The quantitative estimate of drug-likeness (QED) is 0.496. The number of hydrogen-bond acceptors (Lipinski definition) is 2. The van der Waals surface area contributed by atoms with Crippen molar-refractivity contribution >= 4 is 11.8 Å². The third-order valence-electron chi connectivity index (χ3n) is 2.15. The predicted molar refractivity (Wildman–Crippen MR) is 53.1 cm³/mol. The van der Waals surface area contributed by atoms with Gasteiger partial charge in [-0.1, -0.05) is 20.4 Å². The van der Waals surface area contributed by atoms with Gasteiger partial charge in [-0.25, -0.2) is 10.0 Å².